The van der Waals surface area contributed by atoms with Gasteiger partial charge in [0.1, 0.15) is 36.0 Å². The average Bonchev–Trinajstić information content (AvgIpc) is 3.30. The number of aryl methyl sites for hydroxylation is 1. The van der Waals surface area contributed by atoms with Crippen molar-refractivity contribution in [1.82, 2.24) is 39.0 Å². The lowest BCUT2D eigenvalue weighted by atomic mass is 9.99. The van der Waals surface area contributed by atoms with Crippen molar-refractivity contribution in [2.75, 3.05) is 25.6 Å². The number of phosphoric acid groups is 1. The molecule has 4 aromatic rings. The Labute approximate surface area is 268 Å². The molecule has 2 bridgehead atoms. The quantitative estimate of drug-likeness (QED) is 0.122. The molecule has 2 unspecified atom stereocenters. The summed E-state index contributed by atoms with van der Waals surface area (Å²) in [7, 11) is -4.95. The summed E-state index contributed by atoms with van der Waals surface area (Å²) in [5, 5.41) is 22.0. The second-order valence-corrected chi connectivity index (χ2v) is 16.4. The number of hydrogen-bond donors (Lipinski definition) is 6. The maximum absolute atomic E-state index is 13.7. The molecule has 252 valence electrons. The highest BCUT2D eigenvalue weighted by molar-refractivity contribution is 8.44. The molecule has 8 rings (SSSR count). The van der Waals surface area contributed by atoms with Crippen molar-refractivity contribution in [1.29, 1.82) is 0 Å². The number of aromatic amines is 1. The van der Waals surface area contributed by atoms with Crippen LogP contribution < -0.4 is 11.3 Å². The van der Waals surface area contributed by atoms with E-state index in [0.29, 0.717) is 17.6 Å². The standard InChI is InChI=1S/C24H29N9O11P2S/c1-9-30-21-14(22(36)31-9)29-8-33(21)23-17-10(3-34)12(42-23)4-40-46(39,47)44-18-16(35)15(11-2-24(11,18)5-41-45(37,38)43-17)32-7-28-13-19(25)26-6-27-20(13)32/h6-8,10-12,15-18,23,34-35H,2-5H2,1H3,(H,37,38)(H,39,47)(H2,25,26,27)(H,30,31,36)/t10-,11-,12-,15-,16+,17-,18+,23-,24?,46+/m1/s1. The summed E-state index contributed by atoms with van der Waals surface area (Å²) >= 11 is 4.19. The summed E-state index contributed by atoms with van der Waals surface area (Å²) < 4.78 is 59.2. The fourth-order valence-corrected chi connectivity index (χ4v) is 9.78. The van der Waals surface area contributed by atoms with Gasteiger partial charge in [0.15, 0.2) is 28.9 Å². The fourth-order valence-electron chi connectivity index (χ4n) is 7.23. The Morgan fingerprint density at radius 1 is 1.13 bits per heavy atom. The number of aromatic nitrogens is 8. The monoisotopic (exact) mass is 713 g/mol. The van der Waals surface area contributed by atoms with Crippen molar-refractivity contribution in [2.24, 2.45) is 17.3 Å². The summed E-state index contributed by atoms with van der Waals surface area (Å²) in [6, 6.07) is -0.737. The molecular formula is C24H29N9O11P2S. The van der Waals surface area contributed by atoms with Crippen molar-refractivity contribution >= 4 is 55.0 Å². The second kappa shape index (κ2) is 10.8. The molecule has 23 heteroatoms. The van der Waals surface area contributed by atoms with Crippen molar-refractivity contribution in [3.63, 3.8) is 0 Å². The minimum atomic E-state index is -4.95. The van der Waals surface area contributed by atoms with Gasteiger partial charge in [-0.2, -0.15) is 0 Å². The number of hydrogen-bond acceptors (Lipinski definition) is 16. The second-order valence-electron chi connectivity index (χ2n) is 12.1. The molecule has 4 aliphatic rings. The van der Waals surface area contributed by atoms with Crippen LogP contribution in [0.5, 0.6) is 0 Å². The first kappa shape index (κ1) is 31.5. The molecule has 4 fully saturated rings. The molecule has 2 saturated heterocycles. The third kappa shape index (κ3) is 4.99. The Morgan fingerprint density at radius 2 is 1.89 bits per heavy atom. The first-order chi connectivity index (χ1) is 22.3. The van der Waals surface area contributed by atoms with Crippen LogP contribution in [0.1, 0.15) is 24.5 Å². The maximum Gasteiger partial charge on any atom is 0.472 e. The van der Waals surface area contributed by atoms with E-state index in [1.807, 2.05) is 0 Å². The highest BCUT2D eigenvalue weighted by atomic mass is 32.7. The number of nitrogen functional groups attached to an aromatic ring is 1. The van der Waals surface area contributed by atoms with E-state index in [2.05, 4.69) is 42.2 Å². The molecule has 1 spiro atoms. The van der Waals surface area contributed by atoms with Gasteiger partial charge in [-0.05, 0) is 19.3 Å². The number of imidazole rings is 2. The first-order valence-electron chi connectivity index (χ1n) is 14.4. The Kier molecular flexibility index (Phi) is 7.26. The molecule has 2 aliphatic carbocycles. The lowest BCUT2D eigenvalue weighted by Gasteiger charge is -2.30. The number of fused-ring (bicyclic) bond motifs is 4. The van der Waals surface area contributed by atoms with Crippen LogP contribution in [0.3, 0.4) is 0 Å². The predicted molar refractivity (Wildman–Crippen MR) is 161 cm³/mol. The average molecular weight is 714 g/mol. The smallest absolute Gasteiger partial charge is 0.396 e. The Hall–Kier alpha value is -2.81. The van der Waals surface area contributed by atoms with Crippen LogP contribution in [-0.2, 0) is 32.0 Å². The number of anilines is 1. The molecule has 20 nitrogen and oxygen atoms in total. The summed E-state index contributed by atoms with van der Waals surface area (Å²) in [4.78, 5) is 47.0. The highest BCUT2D eigenvalue weighted by Crippen LogP contribution is 2.73. The topological polar surface area (TPSA) is 274 Å². The van der Waals surface area contributed by atoms with Gasteiger partial charge in [0.2, 0.25) is 0 Å². The third-order valence-corrected chi connectivity index (χ3v) is 12.0. The molecule has 4 aromatic heterocycles. The molecule has 0 radical (unpaired) electrons. The number of aliphatic hydroxyl groups excluding tert-OH is 2. The van der Waals surface area contributed by atoms with E-state index in [4.69, 9.17) is 28.6 Å². The minimum Gasteiger partial charge on any atom is -0.396 e. The number of thiol groups is 1. The van der Waals surface area contributed by atoms with Gasteiger partial charge in [0.05, 0.1) is 44.6 Å². The molecule has 6 heterocycles. The van der Waals surface area contributed by atoms with E-state index in [0.717, 1.165) is 0 Å². The van der Waals surface area contributed by atoms with Gasteiger partial charge in [-0.3, -0.25) is 27.5 Å². The van der Waals surface area contributed by atoms with Crippen LogP contribution in [0, 0.1) is 24.2 Å². The van der Waals surface area contributed by atoms with Gasteiger partial charge < -0.3 is 35.1 Å². The largest absolute Gasteiger partial charge is 0.472 e. The van der Waals surface area contributed by atoms with E-state index >= 15 is 0 Å². The molecule has 6 N–H and O–H groups in total. The number of ether oxygens (including phenoxy) is 1. The molecule has 2 aliphatic heterocycles. The molecule has 0 amide bonds. The van der Waals surface area contributed by atoms with Gasteiger partial charge in [0.25, 0.3) is 5.56 Å². The van der Waals surface area contributed by atoms with E-state index in [9.17, 15) is 29.0 Å². The van der Waals surface area contributed by atoms with E-state index in [1.165, 1.54) is 23.5 Å². The summed E-state index contributed by atoms with van der Waals surface area (Å²) in [5.74, 6) is -1.03. The number of nitrogens with two attached hydrogens (primary N) is 1. The van der Waals surface area contributed by atoms with E-state index in [1.54, 1.807) is 11.5 Å². The molecule has 0 aromatic carbocycles. The Balaban J connectivity index is 1.15. The number of rotatable bonds is 3. The van der Waals surface area contributed by atoms with Gasteiger partial charge in [-0.25, -0.2) is 34.0 Å². The third-order valence-electron chi connectivity index (χ3n) is 9.46. The van der Waals surface area contributed by atoms with Crippen LogP contribution in [0.15, 0.2) is 23.8 Å². The lowest BCUT2D eigenvalue weighted by molar-refractivity contribution is -0.0587. The SMILES string of the molecule is Cc1nc2c(ncn2[C@@H]2O[C@@H]3CO[P@](=O)(S)O[C@H]4[C@@H](O)[C@H](n5cnc6c(N)ncnc65)[C@H]5CC54COP(=O)(O)O[C@@H]2[C@@H]3CO)c(=O)[nH]1. The van der Waals surface area contributed by atoms with Crippen LogP contribution in [0.4, 0.5) is 5.82 Å². The molecular weight excluding hydrogens is 684 g/mol. The minimum absolute atomic E-state index is 0.0247. The fraction of sp³-hybridized carbons (Fsp3) is 0.583. The predicted octanol–water partition coefficient (Wildman–Crippen LogP) is 0.233. The maximum atomic E-state index is 13.7. The Morgan fingerprint density at radius 3 is 2.68 bits per heavy atom. The van der Waals surface area contributed by atoms with Gasteiger partial charge in [0, 0.05) is 11.3 Å². The molecule has 2 saturated carbocycles. The zero-order valence-corrected chi connectivity index (χ0v) is 27.0. The van der Waals surface area contributed by atoms with Crippen molar-refractivity contribution in [3.05, 3.63) is 35.2 Å². The number of H-pyrrole nitrogens is 1. The number of nitrogens with one attached hydrogen (secondary N) is 1. The number of aliphatic hydroxyl groups is 2. The highest BCUT2D eigenvalue weighted by Gasteiger charge is 2.74. The van der Waals surface area contributed by atoms with Gasteiger partial charge in [-0.1, -0.05) is 12.2 Å². The van der Waals surface area contributed by atoms with Gasteiger partial charge >= 0.3 is 14.6 Å². The van der Waals surface area contributed by atoms with Gasteiger partial charge in [-0.15, -0.1) is 0 Å². The van der Waals surface area contributed by atoms with Crippen LogP contribution >= 0.6 is 26.9 Å². The summed E-state index contributed by atoms with van der Waals surface area (Å²) in [6.07, 6.45) is -2.01. The lowest BCUT2D eigenvalue weighted by Crippen LogP contribution is -2.37. The van der Waals surface area contributed by atoms with Crippen LogP contribution in [-0.4, -0.2) is 98.4 Å². The first-order valence-corrected chi connectivity index (χ1v) is 18.6. The molecule has 47 heavy (non-hydrogen) atoms. The zero-order chi connectivity index (χ0) is 33.0. The number of phosphoric ester groups is 1. The van der Waals surface area contributed by atoms with Crippen molar-refractivity contribution in [3.8, 4) is 0 Å². The summed E-state index contributed by atoms with van der Waals surface area (Å²) in [5.41, 5.74) is 5.04. The normalized spacial score (nSPS) is 40.4. The number of nitrogens with zero attached hydrogens (tertiary/aromatic N) is 7. The summed E-state index contributed by atoms with van der Waals surface area (Å²) in [6.45, 7) is -4.25. The van der Waals surface area contributed by atoms with Crippen molar-refractivity contribution in [2.45, 2.75) is 50.0 Å². The zero-order valence-electron chi connectivity index (χ0n) is 24.3. The van der Waals surface area contributed by atoms with E-state index < -0.39 is 93.9 Å². The van der Waals surface area contributed by atoms with Crippen LogP contribution in [0.25, 0.3) is 22.3 Å². The Bertz CT molecular complexity index is 2060. The van der Waals surface area contributed by atoms with Crippen LogP contribution in [0.2, 0.25) is 0 Å². The van der Waals surface area contributed by atoms with E-state index in [-0.39, 0.29) is 22.8 Å². The molecule has 11 atom stereocenters. The van der Waals surface area contributed by atoms with Crippen molar-refractivity contribution < 1.29 is 47.1 Å².